The lowest BCUT2D eigenvalue weighted by molar-refractivity contribution is 0.466. The zero-order valence-corrected chi connectivity index (χ0v) is 10.7. The van der Waals surface area contributed by atoms with Crippen LogP contribution in [0.1, 0.15) is 29.5 Å². The average Bonchev–Trinajstić information content (AvgIpc) is 2.33. The molecular weight excluding hydrogens is 232 g/mol. The zero-order valence-electron chi connectivity index (χ0n) is 9.94. The molecule has 1 nitrogen and oxygen atoms in total. The van der Waals surface area contributed by atoms with Crippen LogP contribution in [0.4, 0.5) is 0 Å². The van der Waals surface area contributed by atoms with E-state index in [4.69, 9.17) is 11.6 Å². The number of hydrogen-bond acceptors (Lipinski definition) is 1. The molecule has 0 aliphatic carbocycles. The molecule has 2 aromatic rings. The average molecular weight is 247 g/mol. The summed E-state index contributed by atoms with van der Waals surface area (Å²) in [6.07, 6.45) is 0. The van der Waals surface area contributed by atoms with Crippen molar-refractivity contribution >= 4 is 11.6 Å². The van der Waals surface area contributed by atoms with Gasteiger partial charge >= 0.3 is 0 Å². The van der Waals surface area contributed by atoms with Gasteiger partial charge in [-0.3, -0.25) is 0 Å². The number of hydrogen-bond donors (Lipinski definition) is 1. The number of para-hydroxylation sites is 1. The van der Waals surface area contributed by atoms with Gasteiger partial charge < -0.3 is 5.11 Å². The van der Waals surface area contributed by atoms with Gasteiger partial charge in [0.2, 0.25) is 0 Å². The molecule has 0 aromatic heterocycles. The molecule has 88 valence electrons. The summed E-state index contributed by atoms with van der Waals surface area (Å²) in [5.41, 5.74) is 3.27. The first-order valence-electron chi connectivity index (χ1n) is 5.63. The summed E-state index contributed by atoms with van der Waals surface area (Å²) in [6, 6.07) is 13.8. The Bertz CT molecular complexity index is 517. The number of rotatable bonds is 2. The van der Waals surface area contributed by atoms with E-state index >= 15 is 0 Å². The Balaban J connectivity index is 2.40. The van der Waals surface area contributed by atoms with Crippen molar-refractivity contribution in [2.24, 2.45) is 0 Å². The highest BCUT2D eigenvalue weighted by Crippen LogP contribution is 2.35. The number of benzene rings is 2. The molecule has 2 heteroatoms. The quantitative estimate of drug-likeness (QED) is 0.827. The molecule has 2 aromatic carbocycles. The van der Waals surface area contributed by atoms with E-state index in [9.17, 15) is 5.11 Å². The van der Waals surface area contributed by atoms with Gasteiger partial charge in [-0.1, -0.05) is 60.5 Å². The number of phenols is 1. The fraction of sp³-hybridized carbons (Fsp3) is 0.200. The van der Waals surface area contributed by atoms with Crippen molar-refractivity contribution in [3.05, 3.63) is 64.2 Å². The van der Waals surface area contributed by atoms with Crippen molar-refractivity contribution in [1.82, 2.24) is 0 Å². The second kappa shape index (κ2) is 4.80. The van der Waals surface area contributed by atoms with Crippen LogP contribution in [0.2, 0.25) is 5.02 Å². The molecule has 0 spiro atoms. The molecule has 17 heavy (non-hydrogen) atoms. The standard InChI is InChI=1S/C15H15ClO/c1-10-6-8-12(9-7-10)11(2)13-4-3-5-14(16)15(13)17/h3-9,11,17H,1-2H3. The molecule has 1 atom stereocenters. The lowest BCUT2D eigenvalue weighted by Gasteiger charge is -2.15. The van der Waals surface area contributed by atoms with Crippen LogP contribution in [0.3, 0.4) is 0 Å². The van der Waals surface area contributed by atoms with Crippen molar-refractivity contribution in [1.29, 1.82) is 0 Å². The first kappa shape index (κ1) is 12.0. The monoisotopic (exact) mass is 246 g/mol. The van der Waals surface area contributed by atoms with Crippen molar-refractivity contribution in [2.75, 3.05) is 0 Å². The third-order valence-corrected chi connectivity index (χ3v) is 3.37. The van der Waals surface area contributed by atoms with Gasteiger partial charge in [-0.2, -0.15) is 0 Å². The van der Waals surface area contributed by atoms with Gasteiger partial charge in [0.15, 0.2) is 0 Å². The molecule has 0 aliphatic rings. The molecule has 2 rings (SSSR count). The molecule has 0 amide bonds. The maximum Gasteiger partial charge on any atom is 0.137 e. The van der Waals surface area contributed by atoms with Crippen molar-refractivity contribution < 1.29 is 5.11 Å². The van der Waals surface area contributed by atoms with Crippen LogP contribution >= 0.6 is 11.6 Å². The van der Waals surface area contributed by atoms with E-state index in [0.29, 0.717) is 5.02 Å². The minimum absolute atomic E-state index is 0.134. The predicted octanol–water partition coefficient (Wildman–Crippen LogP) is 4.51. The molecule has 0 aliphatic heterocycles. The van der Waals surface area contributed by atoms with Gasteiger partial charge in [-0.05, 0) is 18.6 Å². The summed E-state index contributed by atoms with van der Waals surface area (Å²) < 4.78 is 0. The number of halogens is 1. The highest BCUT2D eigenvalue weighted by Gasteiger charge is 2.14. The minimum Gasteiger partial charge on any atom is -0.506 e. The van der Waals surface area contributed by atoms with Gasteiger partial charge in [-0.15, -0.1) is 0 Å². The third-order valence-electron chi connectivity index (χ3n) is 3.06. The van der Waals surface area contributed by atoms with Gasteiger partial charge in [0, 0.05) is 11.5 Å². The van der Waals surface area contributed by atoms with Crippen LogP contribution in [-0.4, -0.2) is 5.11 Å². The Labute approximate surface area is 107 Å². The van der Waals surface area contributed by atoms with Crippen LogP contribution in [-0.2, 0) is 0 Å². The fourth-order valence-corrected chi connectivity index (χ4v) is 2.10. The maximum absolute atomic E-state index is 9.95. The fourth-order valence-electron chi connectivity index (χ4n) is 1.92. The van der Waals surface area contributed by atoms with Crippen LogP contribution < -0.4 is 0 Å². The Morgan fingerprint density at radius 1 is 1.06 bits per heavy atom. The number of aromatic hydroxyl groups is 1. The van der Waals surface area contributed by atoms with E-state index < -0.39 is 0 Å². The Hall–Kier alpha value is -1.47. The van der Waals surface area contributed by atoms with Gasteiger partial charge in [0.1, 0.15) is 5.75 Å². The molecular formula is C15H15ClO. The maximum atomic E-state index is 9.95. The highest BCUT2D eigenvalue weighted by molar-refractivity contribution is 6.32. The molecule has 0 radical (unpaired) electrons. The molecule has 1 N–H and O–H groups in total. The van der Waals surface area contributed by atoms with Gasteiger partial charge in [0.05, 0.1) is 5.02 Å². The highest BCUT2D eigenvalue weighted by atomic mass is 35.5. The van der Waals surface area contributed by atoms with Crippen LogP contribution in [0, 0.1) is 6.92 Å². The second-order valence-corrected chi connectivity index (χ2v) is 4.72. The summed E-state index contributed by atoms with van der Waals surface area (Å²) in [4.78, 5) is 0. The van der Waals surface area contributed by atoms with E-state index in [2.05, 4.69) is 38.1 Å². The molecule has 1 unspecified atom stereocenters. The van der Waals surface area contributed by atoms with E-state index in [1.807, 2.05) is 12.1 Å². The minimum atomic E-state index is 0.134. The molecule has 0 bridgehead atoms. The van der Waals surface area contributed by atoms with Crippen LogP contribution in [0.25, 0.3) is 0 Å². The van der Waals surface area contributed by atoms with Crippen molar-refractivity contribution in [3.63, 3.8) is 0 Å². The molecule has 0 saturated heterocycles. The van der Waals surface area contributed by atoms with Crippen molar-refractivity contribution in [2.45, 2.75) is 19.8 Å². The zero-order chi connectivity index (χ0) is 12.4. The first-order chi connectivity index (χ1) is 8.09. The summed E-state index contributed by atoms with van der Waals surface area (Å²) in [6.45, 7) is 4.13. The van der Waals surface area contributed by atoms with E-state index in [1.165, 1.54) is 11.1 Å². The van der Waals surface area contributed by atoms with Crippen molar-refractivity contribution in [3.8, 4) is 5.75 Å². The summed E-state index contributed by atoms with van der Waals surface area (Å²) >= 11 is 5.92. The van der Waals surface area contributed by atoms with E-state index in [1.54, 1.807) is 6.07 Å². The Morgan fingerprint density at radius 2 is 1.71 bits per heavy atom. The normalized spacial score (nSPS) is 12.4. The van der Waals surface area contributed by atoms with Crippen LogP contribution in [0.15, 0.2) is 42.5 Å². The predicted molar refractivity (Wildman–Crippen MR) is 71.8 cm³/mol. The topological polar surface area (TPSA) is 20.2 Å². The van der Waals surface area contributed by atoms with Crippen LogP contribution in [0.5, 0.6) is 5.75 Å². The summed E-state index contributed by atoms with van der Waals surface area (Å²) in [5.74, 6) is 0.316. The molecule has 0 saturated carbocycles. The van der Waals surface area contributed by atoms with Gasteiger partial charge in [0.25, 0.3) is 0 Å². The number of phenolic OH excluding ortho intramolecular Hbond substituents is 1. The first-order valence-corrected chi connectivity index (χ1v) is 6.01. The lowest BCUT2D eigenvalue weighted by Crippen LogP contribution is -1.96. The second-order valence-electron chi connectivity index (χ2n) is 4.31. The Morgan fingerprint density at radius 3 is 2.35 bits per heavy atom. The lowest BCUT2D eigenvalue weighted by atomic mass is 9.92. The summed E-state index contributed by atoms with van der Waals surface area (Å²) in [5, 5.41) is 10.4. The van der Waals surface area contributed by atoms with E-state index in [-0.39, 0.29) is 11.7 Å². The number of aryl methyl sites for hydroxylation is 1. The third kappa shape index (κ3) is 2.45. The van der Waals surface area contributed by atoms with E-state index in [0.717, 1.165) is 5.56 Å². The SMILES string of the molecule is Cc1ccc(C(C)c2cccc(Cl)c2O)cc1. The largest absolute Gasteiger partial charge is 0.506 e. The summed E-state index contributed by atoms with van der Waals surface area (Å²) in [7, 11) is 0. The Kier molecular flexibility index (Phi) is 3.39. The smallest absolute Gasteiger partial charge is 0.137 e. The molecule has 0 heterocycles. The van der Waals surface area contributed by atoms with Gasteiger partial charge in [-0.25, -0.2) is 0 Å². The molecule has 0 fully saturated rings.